The molecule has 34 heavy (non-hydrogen) atoms. The third kappa shape index (κ3) is 3.03. The van der Waals surface area contributed by atoms with Crippen LogP contribution in [0.2, 0.25) is 0 Å². The highest BCUT2D eigenvalue weighted by atomic mass is 16.1. The molecule has 0 radical (unpaired) electrons. The second-order valence-corrected chi connectivity index (χ2v) is 8.96. The van der Waals surface area contributed by atoms with E-state index in [0.29, 0.717) is 0 Å². The molecular weight excluding hydrogens is 414 g/mol. The van der Waals surface area contributed by atoms with Gasteiger partial charge in [0.05, 0.1) is 11.6 Å². The number of fused-ring (bicyclic) bond motifs is 4. The van der Waals surface area contributed by atoms with Crippen LogP contribution in [0.25, 0.3) is 21.9 Å². The molecule has 0 amide bonds. The van der Waals surface area contributed by atoms with Crippen LogP contribution in [0.3, 0.4) is 0 Å². The summed E-state index contributed by atoms with van der Waals surface area (Å²) >= 11 is 0. The minimum atomic E-state index is -0.617. The first-order valence-corrected chi connectivity index (χ1v) is 11.7. The fraction of sp³-hybridized carbons (Fsp3) is 0.0938. The lowest BCUT2D eigenvalue weighted by molar-refractivity contribution is 0.0941. The lowest BCUT2D eigenvalue weighted by atomic mass is 9.79. The van der Waals surface area contributed by atoms with Crippen LogP contribution in [-0.2, 0) is 5.54 Å². The molecule has 164 valence electrons. The highest BCUT2D eigenvalue weighted by Crippen LogP contribution is 2.51. The second-order valence-electron chi connectivity index (χ2n) is 8.96. The van der Waals surface area contributed by atoms with E-state index in [1.807, 2.05) is 43.3 Å². The maximum Gasteiger partial charge on any atom is 0.180 e. The van der Waals surface area contributed by atoms with Gasteiger partial charge >= 0.3 is 0 Å². The molecule has 0 aliphatic heterocycles. The third-order valence-electron chi connectivity index (χ3n) is 7.04. The van der Waals surface area contributed by atoms with Crippen LogP contribution in [0, 0.1) is 0 Å². The van der Waals surface area contributed by atoms with Gasteiger partial charge in [-0.3, -0.25) is 10.1 Å². The Morgan fingerprint density at radius 1 is 0.647 bits per heavy atom. The Morgan fingerprint density at radius 3 is 1.91 bits per heavy atom. The van der Waals surface area contributed by atoms with Gasteiger partial charge in [0.1, 0.15) is 0 Å². The van der Waals surface area contributed by atoms with Crippen molar-refractivity contribution in [1.82, 2.24) is 5.32 Å². The molecule has 2 nitrogen and oxygen atoms in total. The van der Waals surface area contributed by atoms with Crippen LogP contribution in [0.15, 0.2) is 121 Å². The van der Waals surface area contributed by atoms with Crippen molar-refractivity contribution in [3.8, 4) is 11.1 Å². The Morgan fingerprint density at radius 2 is 1.21 bits per heavy atom. The monoisotopic (exact) mass is 439 g/mol. The Bertz CT molecular complexity index is 1470. The molecule has 0 bridgehead atoms. The van der Waals surface area contributed by atoms with E-state index in [0.717, 1.165) is 21.9 Å². The van der Waals surface area contributed by atoms with Crippen molar-refractivity contribution in [2.75, 3.05) is 0 Å². The molecule has 0 unspecified atom stereocenters. The first-order valence-electron chi connectivity index (χ1n) is 11.7. The summed E-state index contributed by atoms with van der Waals surface area (Å²) in [5, 5.41) is 5.90. The predicted molar refractivity (Wildman–Crippen MR) is 139 cm³/mol. The van der Waals surface area contributed by atoms with Gasteiger partial charge in [-0.2, -0.15) is 0 Å². The van der Waals surface area contributed by atoms with E-state index < -0.39 is 11.6 Å². The molecule has 0 fully saturated rings. The summed E-state index contributed by atoms with van der Waals surface area (Å²) in [5.74, 6) is 0.0916. The summed E-state index contributed by atoms with van der Waals surface area (Å²) in [6.45, 7) is 1.98. The number of nitrogens with one attached hydrogen (secondary N) is 1. The lowest BCUT2D eigenvalue weighted by Gasteiger charge is -2.36. The molecule has 1 aliphatic rings. The number of hydrogen-bond acceptors (Lipinski definition) is 2. The van der Waals surface area contributed by atoms with E-state index in [2.05, 4.69) is 90.2 Å². The number of Topliss-reactive ketones (excluding diaryl/α,β-unsaturated/α-hetero) is 1. The van der Waals surface area contributed by atoms with Gasteiger partial charge in [0.2, 0.25) is 0 Å². The summed E-state index contributed by atoms with van der Waals surface area (Å²) in [6.07, 6.45) is 0. The number of carbonyl (C=O) groups is 1. The van der Waals surface area contributed by atoms with E-state index in [-0.39, 0.29) is 5.78 Å². The average molecular weight is 440 g/mol. The van der Waals surface area contributed by atoms with Crippen molar-refractivity contribution in [3.63, 3.8) is 0 Å². The van der Waals surface area contributed by atoms with Gasteiger partial charge in [0, 0.05) is 5.56 Å². The highest BCUT2D eigenvalue weighted by Gasteiger charge is 2.45. The third-order valence-corrected chi connectivity index (χ3v) is 7.04. The van der Waals surface area contributed by atoms with Crippen molar-refractivity contribution >= 4 is 16.6 Å². The van der Waals surface area contributed by atoms with Crippen molar-refractivity contribution in [1.29, 1.82) is 0 Å². The van der Waals surface area contributed by atoms with Crippen molar-refractivity contribution < 1.29 is 4.79 Å². The Hall–Kier alpha value is -4.01. The molecule has 0 saturated heterocycles. The summed E-state index contributed by atoms with van der Waals surface area (Å²) in [7, 11) is 0. The fourth-order valence-electron chi connectivity index (χ4n) is 5.54. The van der Waals surface area contributed by atoms with Crippen LogP contribution in [0.5, 0.6) is 0 Å². The molecule has 0 spiro atoms. The van der Waals surface area contributed by atoms with E-state index in [1.165, 1.54) is 22.3 Å². The molecule has 6 rings (SSSR count). The standard InChI is InChI=1S/C32H25NO/c1-22(31(34)28-19-11-13-23-12-5-6-16-25(23)28)33-32(24-14-3-2-4-15-24)29-20-9-7-17-26(29)27-18-8-10-21-30(27)32/h2-22,33H,1H3/t22-/m0/s1. The largest absolute Gasteiger partial charge is 0.292 e. The quantitative estimate of drug-likeness (QED) is 0.300. The normalized spacial score (nSPS) is 14.4. The summed E-state index contributed by atoms with van der Waals surface area (Å²) in [4.78, 5) is 13.9. The van der Waals surface area contributed by atoms with Crippen LogP contribution in [-0.4, -0.2) is 11.8 Å². The topological polar surface area (TPSA) is 29.1 Å². The first-order chi connectivity index (χ1) is 16.7. The lowest BCUT2D eigenvalue weighted by Crippen LogP contribution is -2.50. The molecule has 0 saturated carbocycles. The van der Waals surface area contributed by atoms with Gasteiger partial charge < -0.3 is 0 Å². The Labute approximate surface area is 199 Å². The Kier molecular flexibility index (Phi) is 4.90. The Balaban J connectivity index is 1.52. The molecule has 1 atom stereocenters. The summed E-state index contributed by atoms with van der Waals surface area (Å²) in [5.41, 5.74) is 6.04. The highest BCUT2D eigenvalue weighted by molar-refractivity contribution is 6.10. The predicted octanol–water partition coefficient (Wildman–Crippen LogP) is 6.97. The van der Waals surface area contributed by atoms with E-state index in [4.69, 9.17) is 0 Å². The van der Waals surface area contributed by atoms with Gasteiger partial charge in [-0.25, -0.2) is 0 Å². The van der Waals surface area contributed by atoms with Crippen LogP contribution in [0.1, 0.15) is 34.0 Å². The van der Waals surface area contributed by atoms with Crippen LogP contribution >= 0.6 is 0 Å². The maximum absolute atomic E-state index is 13.9. The van der Waals surface area contributed by atoms with Gasteiger partial charge in [-0.15, -0.1) is 0 Å². The van der Waals surface area contributed by atoms with E-state index >= 15 is 0 Å². The van der Waals surface area contributed by atoms with Gasteiger partial charge in [-0.1, -0.05) is 121 Å². The summed E-state index contributed by atoms with van der Waals surface area (Å²) < 4.78 is 0. The average Bonchev–Trinajstić information content (AvgIpc) is 3.19. The van der Waals surface area contributed by atoms with Crippen LogP contribution in [0.4, 0.5) is 0 Å². The number of benzene rings is 5. The minimum absolute atomic E-state index is 0.0916. The SMILES string of the molecule is C[C@H](NC1(c2ccccc2)c2ccccc2-c2ccccc21)C(=O)c1cccc2ccccc12. The summed E-state index contributed by atoms with van der Waals surface area (Å²) in [6, 6.07) is 41.2. The number of carbonyl (C=O) groups excluding carboxylic acids is 1. The smallest absolute Gasteiger partial charge is 0.180 e. The van der Waals surface area contributed by atoms with Crippen molar-refractivity contribution in [3.05, 3.63) is 144 Å². The minimum Gasteiger partial charge on any atom is -0.292 e. The number of hydrogen-bond donors (Lipinski definition) is 1. The molecule has 5 aromatic rings. The number of ketones is 1. The second kappa shape index (κ2) is 8.09. The molecule has 1 N–H and O–H groups in total. The van der Waals surface area contributed by atoms with E-state index in [9.17, 15) is 4.79 Å². The first kappa shape index (κ1) is 20.6. The molecule has 1 aliphatic carbocycles. The maximum atomic E-state index is 13.9. The van der Waals surface area contributed by atoms with Gasteiger partial charge in [0.15, 0.2) is 5.78 Å². The van der Waals surface area contributed by atoms with Gasteiger partial charge in [-0.05, 0) is 45.5 Å². The number of rotatable bonds is 5. The molecule has 0 aromatic heterocycles. The zero-order chi connectivity index (χ0) is 23.1. The molecule has 2 heteroatoms. The van der Waals surface area contributed by atoms with E-state index in [1.54, 1.807) is 0 Å². The fourth-order valence-corrected chi connectivity index (χ4v) is 5.54. The zero-order valence-corrected chi connectivity index (χ0v) is 19.0. The molecule has 5 aromatic carbocycles. The zero-order valence-electron chi connectivity index (χ0n) is 19.0. The van der Waals surface area contributed by atoms with Gasteiger partial charge in [0.25, 0.3) is 0 Å². The van der Waals surface area contributed by atoms with Crippen molar-refractivity contribution in [2.24, 2.45) is 0 Å². The van der Waals surface area contributed by atoms with Crippen molar-refractivity contribution in [2.45, 2.75) is 18.5 Å². The molecular formula is C32H25NO. The molecule has 0 heterocycles. The van der Waals surface area contributed by atoms with Crippen LogP contribution < -0.4 is 5.32 Å².